The molecule has 0 radical (unpaired) electrons. The number of alkyl halides is 2. The van der Waals surface area contributed by atoms with E-state index < -0.39 is 31.6 Å². The maximum atomic E-state index is 12.2. The van der Waals surface area contributed by atoms with E-state index in [9.17, 15) is 31.7 Å². The van der Waals surface area contributed by atoms with Crippen LogP contribution in [0.3, 0.4) is 0 Å². The Bertz CT molecular complexity index is 6530. The molecule has 28 nitrogen and oxygen atoms in total. The second-order valence-corrected chi connectivity index (χ2v) is 44.0. The molecule has 8 aliphatic rings. The number of aromatic nitrogens is 7. The van der Waals surface area contributed by atoms with Crippen LogP contribution in [0.15, 0.2) is 262 Å². The summed E-state index contributed by atoms with van der Waals surface area (Å²) in [6.07, 6.45) is 24.1. The number of pyridine rings is 5. The number of nitrogens with zero attached hydrogens (tertiary/aromatic N) is 15. The minimum atomic E-state index is -3.30. The highest BCUT2D eigenvalue weighted by atomic mass is 35.5. The lowest BCUT2D eigenvalue weighted by Crippen LogP contribution is -2.45. The standard InChI is InChI=1S/C20H25N3O2S.C19H20ClN3.C19H23N3.C17H13N3O2.C12H17Cl2N.C12H17N3O2S.C7H5ClN2.C6H12O2.C4H8O2/c1-16-5-7-17(8-6-16)14-22-12-9-20(10-13-22)15-23(26(2,24)25)19-18(20)4-3-11-21-19;1-15-4-6-16(7-5-15)13-23-11-8-19(14-21,9-12-23)17-3-2-10-22-18(17)20;1-15-4-6-16(7-5-15)13-22-11-8-19(9-12-22)14-21-18-17(19)3-2-10-20-18;21-17(22-14-9-5-2-6-10-14)20-16-12-18-15(11-19-16)13-7-3-1-4-8-13;1-11-2-4-12(5-3-11)10-15(8-6-13)9-7-14;1-18(16,17)15-9-12(4-7-13-8-5-12)10-3-2-6-14-11(10)15;8-7-6(3-4-9)2-1-5-10-7;1-2-7-6-4-3-5-8-6;1-3-6-4(2)5/h3-8,11H,9-10,12-15H2,1-2H3;2-7,10H,8-9,11-13H2,1H3;2-7,10H,8-9,11-14H2,1H3,(H,20,21);1-12H,(H,19,20,21);2-5H,6-10H2,1H3;2-3,6,13H,4-5,7-9H2,1H3;1-2,5H,3H2;6H,2-5H2,1H3;3H2,1-2H3. The summed E-state index contributed by atoms with van der Waals surface area (Å²) in [4.78, 5) is 60.8. The van der Waals surface area contributed by atoms with Gasteiger partial charge in [0.2, 0.25) is 20.0 Å². The molecule has 3 spiro atoms. The summed E-state index contributed by atoms with van der Waals surface area (Å²) in [7, 11) is -6.54. The summed E-state index contributed by atoms with van der Waals surface area (Å²) in [5, 5.41) is 28.3. The number of sulfonamides is 2. The average Bonchev–Trinajstić information content (AvgIpc) is 1.59. The van der Waals surface area contributed by atoms with E-state index in [-0.39, 0.29) is 23.1 Å². The molecule has 6 aromatic heterocycles. The number of halogens is 4. The van der Waals surface area contributed by atoms with E-state index in [0.717, 1.165) is 189 Å². The number of esters is 1. The predicted octanol–water partition coefficient (Wildman–Crippen LogP) is 21.2. The van der Waals surface area contributed by atoms with Gasteiger partial charge in [0.1, 0.15) is 33.5 Å². The molecule has 12 aromatic rings. The first-order valence-electron chi connectivity index (χ1n) is 51.2. The number of amides is 1. The third-order valence-electron chi connectivity index (χ3n) is 27.7. The van der Waals surface area contributed by atoms with Gasteiger partial charge in [-0.3, -0.25) is 43.3 Å². The summed E-state index contributed by atoms with van der Waals surface area (Å²) >= 11 is 23.3. The number of nitriles is 2. The van der Waals surface area contributed by atoms with Crippen molar-refractivity contribution in [1.82, 2.24) is 59.8 Å². The number of carbonyl (C=O) groups is 2. The Kier molecular flexibility index (Phi) is 45.2. The number of nitrogens with one attached hydrogen (secondary N) is 3. The first-order valence-corrected chi connectivity index (χ1v) is 56.7. The average molecular weight is 2150 g/mol. The van der Waals surface area contributed by atoms with Crippen molar-refractivity contribution in [3.63, 3.8) is 0 Å². The van der Waals surface area contributed by atoms with Gasteiger partial charge in [-0.2, -0.15) is 10.5 Å². The first kappa shape index (κ1) is 117. The first-order chi connectivity index (χ1) is 72.4. The van der Waals surface area contributed by atoms with E-state index in [1.165, 1.54) is 110 Å². The Morgan fingerprint density at radius 3 is 1.40 bits per heavy atom. The molecule has 14 heterocycles. The fourth-order valence-corrected chi connectivity index (χ4v) is 22.3. The van der Waals surface area contributed by atoms with Gasteiger partial charge in [0.25, 0.3) is 0 Å². The number of hydrogen-bond acceptors (Lipinski definition) is 25. The highest BCUT2D eigenvalue weighted by Crippen LogP contribution is 2.49. The zero-order chi connectivity index (χ0) is 107. The zero-order valence-corrected chi connectivity index (χ0v) is 92.0. The van der Waals surface area contributed by atoms with Crippen molar-refractivity contribution in [1.29, 1.82) is 10.5 Å². The number of anilines is 4. The van der Waals surface area contributed by atoms with Gasteiger partial charge in [0.05, 0.1) is 61.2 Å². The minimum Gasteiger partial charge on any atom is -0.466 e. The second-order valence-electron chi connectivity index (χ2n) is 38.7. The summed E-state index contributed by atoms with van der Waals surface area (Å²) in [5.74, 6) is 4.26. The monoisotopic (exact) mass is 2150 g/mol. The molecule has 0 saturated carbocycles. The van der Waals surface area contributed by atoms with Gasteiger partial charge >= 0.3 is 12.1 Å². The van der Waals surface area contributed by atoms with Crippen LogP contribution in [0, 0.1) is 50.4 Å². The smallest absolute Gasteiger partial charge is 0.418 e. The van der Waals surface area contributed by atoms with Crippen molar-refractivity contribution in [2.45, 2.75) is 173 Å². The largest absolute Gasteiger partial charge is 0.466 e. The molecule has 20 rings (SSSR count). The van der Waals surface area contributed by atoms with Crippen molar-refractivity contribution in [2.24, 2.45) is 0 Å². The van der Waals surface area contributed by atoms with Gasteiger partial charge in [-0.25, -0.2) is 51.5 Å². The highest BCUT2D eigenvalue weighted by molar-refractivity contribution is 7.92. The molecule has 6 aromatic carbocycles. The van der Waals surface area contributed by atoms with Gasteiger partial charge in [-0.1, -0.05) is 221 Å². The van der Waals surface area contributed by atoms with Crippen molar-refractivity contribution >= 4 is 102 Å². The number of fused-ring (bicyclic) bond motifs is 6. The number of rotatable bonds is 22. The van der Waals surface area contributed by atoms with Crippen molar-refractivity contribution in [3.8, 4) is 29.1 Å². The Balaban J connectivity index is 0.000000153. The molecule has 0 aliphatic carbocycles. The number of carbonyl (C=O) groups excluding carboxylic acids is 2. The summed E-state index contributed by atoms with van der Waals surface area (Å²) in [6.45, 7) is 31.5. The lowest BCUT2D eigenvalue weighted by molar-refractivity contribution is -0.140. The van der Waals surface area contributed by atoms with Crippen LogP contribution in [0.2, 0.25) is 10.3 Å². The van der Waals surface area contributed by atoms with Crippen LogP contribution in [0.25, 0.3) is 11.3 Å². The van der Waals surface area contributed by atoms with Gasteiger partial charge in [-0.05, 0) is 203 Å². The van der Waals surface area contributed by atoms with Gasteiger partial charge in [0, 0.05) is 191 Å². The molecule has 5 fully saturated rings. The predicted molar refractivity (Wildman–Crippen MR) is 599 cm³/mol. The number of para-hydroxylation sites is 1. The van der Waals surface area contributed by atoms with Crippen molar-refractivity contribution in [3.05, 3.63) is 344 Å². The van der Waals surface area contributed by atoms with Gasteiger partial charge < -0.3 is 29.6 Å². The fourth-order valence-electron chi connectivity index (χ4n) is 19.4. The number of benzene rings is 6. The Morgan fingerprint density at radius 1 is 0.513 bits per heavy atom. The van der Waals surface area contributed by atoms with Crippen LogP contribution < -0.4 is 29.3 Å². The quantitative estimate of drug-likeness (QED) is 0.0322. The van der Waals surface area contributed by atoms with E-state index in [2.05, 4.69) is 224 Å². The van der Waals surface area contributed by atoms with Crippen LogP contribution in [0.1, 0.15) is 157 Å². The van der Waals surface area contributed by atoms with E-state index in [4.69, 9.17) is 65.9 Å². The molecule has 8 aliphatic heterocycles. The second kappa shape index (κ2) is 58.0. The van der Waals surface area contributed by atoms with Crippen molar-refractivity contribution in [2.75, 3.05) is 148 Å². The number of aryl methyl sites for hydroxylation is 4. The SMILES string of the molecule is CCOC(C)=O.CCOC1CCCO1.CS(=O)(=O)N1CC2(CCNCC2)c2cccnc21.Cc1ccc(CN(CCCl)CCCl)cc1.Cc1ccc(CN2CCC(C#N)(c3cccnc3Cl)CC2)cc1.Cc1ccc(CN2CCC3(CC2)CN(S(C)(=O)=O)c2ncccc23)cc1.Cc1ccc(CN2CCC3(CC2)CNc2ncccc23)cc1.N#CCc1cccnc1Cl.O=C(Nc1cnc(-c2ccccc2)cn1)Oc1ccccc1. The van der Waals surface area contributed by atoms with E-state index >= 15 is 0 Å². The van der Waals surface area contributed by atoms with E-state index in [1.807, 2.05) is 85.9 Å². The third kappa shape index (κ3) is 34.5. The molecule has 3 N–H and O–H groups in total. The number of ether oxygens (including phenoxy) is 4. The highest BCUT2D eigenvalue weighted by Gasteiger charge is 2.50. The number of piperidine rings is 4. The molecular formula is C116H140Cl4N18O10S2. The Hall–Kier alpha value is -12.0. The molecule has 150 heavy (non-hydrogen) atoms. The molecule has 794 valence electrons. The van der Waals surface area contributed by atoms with E-state index in [1.54, 1.807) is 74.3 Å². The summed E-state index contributed by atoms with van der Waals surface area (Å²) in [5.41, 5.74) is 17.2. The molecule has 5 saturated heterocycles. The molecule has 0 bridgehead atoms. The Labute approximate surface area is 906 Å². The summed E-state index contributed by atoms with van der Waals surface area (Å²) in [6, 6.07) is 77.5. The summed E-state index contributed by atoms with van der Waals surface area (Å²) < 4.78 is 71.1. The van der Waals surface area contributed by atoms with Crippen molar-refractivity contribution < 1.29 is 45.4 Å². The topological polar surface area (TPSA) is 333 Å². The zero-order valence-electron chi connectivity index (χ0n) is 87.4. The molecule has 1 atom stereocenters. The molecule has 1 unspecified atom stereocenters. The Morgan fingerprint density at radius 2 is 0.967 bits per heavy atom. The fraction of sp³-hybridized carbons (Fsp3) is 0.405. The third-order valence-corrected chi connectivity index (χ3v) is 30.9. The van der Waals surface area contributed by atoms with Gasteiger partial charge in [0.15, 0.2) is 12.1 Å². The maximum absolute atomic E-state index is 12.2. The van der Waals surface area contributed by atoms with Crippen LogP contribution >= 0.6 is 46.4 Å². The minimum absolute atomic E-state index is 0.0437. The number of likely N-dealkylation sites (tertiary alicyclic amines) is 3. The van der Waals surface area contributed by atoms with Crippen LogP contribution in [-0.2, 0) is 93.3 Å². The molecular weight excluding hydrogens is 2010 g/mol. The normalized spacial score (nSPS) is 16.7. The lowest BCUT2D eigenvalue weighted by atomic mass is 9.74. The number of hydrogen-bond donors (Lipinski definition) is 3. The maximum Gasteiger partial charge on any atom is 0.418 e. The molecule has 34 heteroatoms. The van der Waals surface area contributed by atoms with Crippen LogP contribution in [0.4, 0.5) is 28.1 Å². The molecule has 1 amide bonds. The van der Waals surface area contributed by atoms with Crippen LogP contribution in [0.5, 0.6) is 5.75 Å². The van der Waals surface area contributed by atoms with Crippen LogP contribution in [-0.4, -0.2) is 219 Å². The lowest BCUT2D eigenvalue weighted by Gasteiger charge is -2.39. The van der Waals surface area contributed by atoms with E-state index in [0.29, 0.717) is 76.8 Å². The van der Waals surface area contributed by atoms with Gasteiger partial charge in [-0.15, -0.1) is 23.2 Å².